The Morgan fingerprint density at radius 1 is 1.12 bits per heavy atom. The molecule has 1 aliphatic carbocycles. The van der Waals surface area contributed by atoms with E-state index >= 15 is 0 Å². The summed E-state index contributed by atoms with van der Waals surface area (Å²) >= 11 is 0. The number of carbonyl (C=O) groups excluding carboxylic acids is 1. The molecule has 0 spiro atoms. The smallest absolute Gasteiger partial charge is 0.251 e. The van der Waals surface area contributed by atoms with Crippen molar-refractivity contribution in [1.82, 2.24) is 5.32 Å². The Labute approximate surface area is 147 Å². The minimum absolute atomic E-state index is 0.0349. The van der Waals surface area contributed by atoms with E-state index in [2.05, 4.69) is 23.5 Å². The lowest BCUT2D eigenvalue weighted by Gasteiger charge is -2.29. The topological polar surface area (TPSA) is 58.6 Å². The van der Waals surface area contributed by atoms with Gasteiger partial charge in [-0.25, -0.2) is 0 Å². The van der Waals surface area contributed by atoms with E-state index < -0.39 is 0 Å². The van der Waals surface area contributed by atoms with Gasteiger partial charge >= 0.3 is 0 Å². The number of benzene rings is 2. The van der Waals surface area contributed by atoms with Crippen LogP contribution < -0.4 is 5.32 Å². The lowest BCUT2D eigenvalue weighted by atomic mass is 9.92. The molecule has 4 heteroatoms. The predicted molar refractivity (Wildman–Crippen MR) is 96.6 cm³/mol. The SMILES string of the molecule is O=C(N[C@@H](CO)C1CCOCC1)c1ccc2c(c1)Cc1ccccc1-2. The Bertz CT molecular complexity index is 780. The zero-order valence-corrected chi connectivity index (χ0v) is 14.2. The normalized spacial score (nSPS) is 17.6. The molecule has 25 heavy (non-hydrogen) atoms. The zero-order valence-electron chi connectivity index (χ0n) is 14.2. The van der Waals surface area contributed by atoms with Gasteiger partial charge in [-0.1, -0.05) is 30.3 Å². The first kappa shape index (κ1) is 16.3. The van der Waals surface area contributed by atoms with Crippen LogP contribution in [0.2, 0.25) is 0 Å². The molecule has 2 aromatic rings. The fourth-order valence-corrected chi connectivity index (χ4v) is 3.97. The predicted octanol–water partition coefficient (Wildman–Crippen LogP) is 2.78. The number of hydrogen-bond donors (Lipinski definition) is 2. The highest BCUT2D eigenvalue weighted by molar-refractivity contribution is 5.96. The van der Waals surface area contributed by atoms with Crippen molar-refractivity contribution in [1.29, 1.82) is 0 Å². The molecule has 1 aliphatic heterocycles. The number of nitrogens with one attached hydrogen (secondary N) is 1. The number of ether oxygens (including phenoxy) is 1. The second-order valence-corrected chi connectivity index (χ2v) is 6.92. The molecule has 130 valence electrons. The quantitative estimate of drug-likeness (QED) is 0.770. The van der Waals surface area contributed by atoms with E-state index in [0.29, 0.717) is 18.8 Å². The molecule has 4 nitrogen and oxygen atoms in total. The van der Waals surface area contributed by atoms with Crippen LogP contribution in [-0.4, -0.2) is 36.9 Å². The summed E-state index contributed by atoms with van der Waals surface area (Å²) in [4.78, 5) is 12.7. The average Bonchev–Trinajstić information content (AvgIpc) is 3.04. The molecule has 1 heterocycles. The molecule has 1 fully saturated rings. The molecule has 2 aromatic carbocycles. The van der Waals surface area contributed by atoms with Gasteiger partial charge in [0.25, 0.3) is 5.91 Å². The maximum Gasteiger partial charge on any atom is 0.251 e. The first-order chi connectivity index (χ1) is 12.3. The number of aliphatic hydroxyl groups is 1. The van der Waals surface area contributed by atoms with E-state index in [9.17, 15) is 9.90 Å². The Morgan fingerprint density at radius 2 is 1.88 bits per heavy atom. The molecular formula is C21H23NO3. The van der Waals surface area contributed by atoms with Crippen LogP contribution in [0, 0.1) is 5.92 Å². The van der Waals surface area contributed by atoms with Gasteiger partial charge in [0.1, 0.15) is 0 Å². The highest BCUT2D eigenvalue weighted by Gasteiger charge is 2.26. The number of rotatable bonds is 4. The molecule has 1 amide bonds. The summed E-state index contributed by atoms with van der Waals surface area (Å²) < 4.78 is 5.37. The van der Waals surface area contributed by atoms with Crippen LogP contribution in [0.1, 0.15) is 34.3 Å². The molecule has 0 aromatic heterocycles. The highest BCUT2D eigenvalue weighted by Crippen LogP contribution is 2.36. The fraction of sp³-hybridized carbons (Fsp3) is 0.381. The maximum atomic E-state index is 12.7. The zero-order chi connectivity index (χ0) is 17.2. The third-order valence-corrected chi connectivity index (χ3v) is 5.40. The molecule has 4 rings (SSSR count). The van der Waals surface area contributed by atoms with Gasteiger partial charge in [-0.2, -0.15) is 0 Å². The van der Waals surface area contributed by atoms with Crippen LogP contribution in [0.5, 0.6) is 0 Å². The molecule has 2 aliphatic rings. The van der Waals surface area contributed by atoms with Crippen molar-refractivity contribution in [2.45, 2.75) is 25.3 Å². The first-order valence-corrected chi connectivity index (χ1v) is 8.97. The van der Waals surface area contributed by atoms with Gasteiger partial charge in [0.2, 0.25) is 0 Å². The third-order valence-electron chi connectivity index (χ3n) is 5.40. The summed E-state index contributed by atoms with van der Waals surface area (Å²) in [5.74, 6) is 0.172. The lowest BCUT2D eigenvalue weighted by Crippen LogP contribution is -2.44. The van der Waals surface area contributed by atoms with E-state index in [4.69, 9.17) is 4.74 Å². The molecule has 1 atom stereocenters. The standard InChI is InChI=1S/C21H23NO3/c23-13-20(14-7-9-25-10-8-14)22-21(24)16-5-6-19-17(12-16)11-15-3-1-2-4-18(15)19/h1-6,12,14,20,23H,7-11,13H2,(H,22,24)/t20-/m0/s1. The molecule has 2 N–H and O–H groups in total. The molecule has 0 bridgehead atoms. The monoisotopic (exact) mass is 337 g/mol. The second kappa shape index (κ2) is 6.98. The lowest BCUT2D eigenvalue weighted by molar-refractivity contribution is 0.0420. The minimum atomic E-state index is -0.207. The van der Waals surface area contributed by atoms with Gasteiger partial charge in [0, 0.05) is 18.8 Å². The van der Waals surface area contributed by atoms with E-state index in [-0.39, 0.29) is 24.5 Å². The average molecular weight is 337 g/mol. The van der Waals surface area contributed by atoms with Gasteiger partial charge in [-0.3, -0.25) is 4.79 Å². The van der Waals surface area contributed by atoms with Gasteiger partial charge in [-0.15, -0.1) is 0 Å². The number of amides is 1. The van der Waals surface area contributed by atoms with Crippen molar-refractivity contribution in [2.75, 3.05) is 19.8 Å². The minimum Gasteiger partial charge on any atom is -0.394 e. The van der Waals surface area contributed by atoms with Crippen LogP contribution in [0.4, 0.5) is 0 Å². The van der Waals surface area contributed by atoms with E-state index in [1.54, 1.807) is 0 Å². The molecule has 0 saturated carbocycles. The number of aliphatic hydroxyl groups excluding tert-OH is 1. The van der Waals surface area contributed by atoms with Crippen molar-refractivity contribution >= 4 is 5.91 Å². The molecular weight excluding hydrogens is 314 g/mol. The van der Waals surface area contributed by atoms with Gasteiger partial charge in [0.05, 0.1) is 12.6 Å². The third kappa shape index (κ3) is 3.20. The fourth-order valence-electron chi connectivity index (χ4n) is 3.97. The van der Waals surface area contributed by atoms with Crippen LogP contribution >= 0.6 is 0 Å². The van der Waals surface area contributed by atoms with E-state index in [0.717, 1.165) is 19.3 Å². The van der Waals surface area contributed by atoms with Gasteiger partial charge in [0.15, 0.2) is 0 Å². The summed E-state index contributed by atoms with van der Waals surface area (Å²) in [6.07, 6.45) is 2.63. The molecule has 0 unspecified atom stereocenters. The van der Waals surface area contributed by atoms with Crippen LogP contribution in [0.3, 0.4) is 0 Å². The van der Waals surface area contributed by atoms with Crippen LogP contribution in [-0.2, 0) is 11.2 Å². The van der Waals surface area contributed by atoms with E-state index in [1.165, 1.54) is 22.3 Å². The van der Waals surface area contributed by atoms with E-state index in [1.807, 2.05) is 24.3 Å². The number of fused-ring (bicyclic) bond motifs is 3. The maximum absolute atomic E-state index is 12.7. The summed E-state index contributed by atoms with van der Waals surface area (Å²) in [6, 6.07) is 14.1. The van der Waals surface area contributed by atoms with Gasteiger partial charge in [-0.05, 0) is 59.6 Å². The molecule has 0 radical (unpaired) electrons. The highest BCUT2D eigenvalue weighted by atomic mass is 16.5. The number of carbonyl (C=O) groups is 1. The van der Waals surface area contributed by atoms with Crippen molar-refractivity contribution < 1.29 is 14.6 Å². The Morgan fingerprint density at radius 3 is 2.68 bits per heavy atom. The van der Waals surface area contributed by atoms with Crippen LogP contribution in [0.25, 0.3) is 11.1 Å². The summed E-state index contributed by atoms with van der Waals surface area (Å²) in [6.45, 7) is 1.37. The Hall–Kier alpha value is -2.17. The Kier molecular flexibility index (Phi) is 4.55. The summed E-state index contributed by atoms with van der Waals surface area (Å²) in [7, 11) is 0. The van der Waals surface area contributed by atoms with Crippen molar-refractivity contribution in [3.63, 3.8) is 0 Å². The first-order valence-electron chi connectivity index (χ1n) is 8.97. The van der Waals surface area contributed by atoms with Crippen LogP contribution in [0.15, 0.2) is 42.5 Å². The van der Waals surface area contributed by atoms with Crippen molar-refractivity contribution in [3.8, 4) is 11.1 Å². The largest absolute Gasteiger partial charge is 0.394 e. The Balaban J connectivity index is 1.50. The van der Waals surface area contributed by atoms with Crippen molar-refractivity contribution in [2.24, 2.45) is 5.92 Å². The number of hydrogen-bond acceptors (Lipinski definition) is 3. The van der Waals surface area contributed by atoms with Crippen molar-refractivity contribution in [3.05, 3.63) is 59.2 Å². The van der Waals surface area contributed by atoms with Gasteiger partial charge < -0.3 is 15.2 Å². The molecule has 1 saturated heterocycles. The summed E-state index contributed by atoms with van der Waals surface area (Å²) in [5.41, 5.74) is 5.65. The summed E-state index contributed by atoms with van der Waals surface area (Å²) in [5, 5.41) is 12.7. The second-order valence-electron chi connectivity index (χ2n) is 6.92.